The zero-order valence-corrected chi connectivity index (χ0v) is 13.0. The second-order valence-electron chi connectivity index (χ2n) is 5.56. The number of aliphatic hydroxyl groups excluding tert-OH is 1. The minimum absolute atomic E-state index is 0.229. The van der Waals surface area contributed by atoms with Gasteiger partial charge in [0.15, 0.2) is 5.82 Å². The molecule has 2 aromatic rings. The van der Waals surface area contributed by atoms with Crippen molar-refractivity contribution in [2.45, 2.75) is 20.0 Å². The monoisotopic (exact) mass is 289 g/mol. The zero-order chi connectivity index (χ0) is 15.4. The van der Waals surface area contributed by atoms with Crippen molar-refractivity contribution in [2.24, 2.45) is 5.92 Å². The van der Waals surface area contributed by atoms with Crippen molar-refractivity contribution >= 4 is 5.82 Å². The molecule has 1 atom stereocenters. The van der Waals surface area contributed by atoms with Crippen LogP contribution in [0.3, 0.4) is 0 Å². The van der Waals surface area contributed by atoms with E-state index in [1.54, 1.807) is 7.11 Å². The van der Waals surface area contributed by atoms with Crippen molar-refractivity contribution in [3.05, 3.63) is 30.3 Å². The third-order valence-corrected chi connectivity index (χ3v) is 3.59. The molecule has 21 heavy (non-hydrogen) atoms. The van der Waals surface area contributed by atoms with Crippen LogP contribution in [-0.4, -0.2) is 42.1 Å². The minimum atomic E-state index is -0.365. The van der Waals surface area contributed by atoms with Crippen LogP contribution in [0.5, 0.6) is 5.75 Å². The van der Waals surface area contributed by atoms with E-state index in [0.717, 1.165) is 22.8 Å². The zero-order valence-electron chi connectivity index (χ0n) is 13.0. The number of hydrogen-bond acceptors (Lipinski definition) is 4. The molecule has 1 aromatic heterocycles. The standard InChI is InChI=1S/C16H23N3O2/c1-11(2)15(20)10-19(3)16-9-14(17-18-16)12-5-7-13(21-4)8-6-12/h5-9,11,15,20H,10H2,1-4H3,(H,17,18). The van der Waals surface area contributed by atoms with Gasteiger partial charge in [0.05, 0.1) is 18.9 Å². The number of ether oxygens (including phenoxy) is 1. The number of benzene rings is 1. The molecule has 5 heteroatoms. The highest BCUT2D eigenvalue weighted by Crippen LogP contribution is 2.23. The first-order valence-electron chi connectivity index (χ1n) is 7.10. The molecule has 0 bridgehead atoms. The summed E-state index contributed by atoms with van der Waals surface area (Å²) in [5, 5.41) is 17.3. The summed E-state index contributed by atoms with van der Waals surface area (Å²) in [5.41, 5.74) is 1.99. The molecule has 0 spiro atoms. The van der Waals surface area contributed by atoms with Crippen molar-refractivity contribution in [1.29, 1.82) is 0 Å². The molecule has 0 aliphatic rings. The highest BCUT2D eigenvalue weighted by atomic mass is 16.5. The lowest BCUT2D eigenvalue weighted by atomic mass is 10.1. The number of anilines is 1. The van der Waals surface area contributed by atoms with E-state index in [1.807, 2.05) is 56.1 Å². The molecule has 5 nitrogen and oxygen atoms in total. The Morgan fingerprint density at radius 2 is 1.95 bits per heavy atom. The van der Waals surface area contributed by atoms with Gasteiger partial charge >= 0.3 is 0 Å². The number of likely N-dealkylation sites (N-methyl/N-ethyl adjacent to an activating group) is 1. The van der Waals surface area contributed by atoms with Crippen LogP contribution in [-0.2, 0) is 0 Å². The Labute approximate surface area is 125 Å². The molecule has 0 aliphatic heterocycles. The smallest absolute Gasteiger partial charge is 0.150 e. The van der Waals surface area contributed by atoms with Crippen LogP contribution < -0.4 is 9.64 Å². The predicted molar refractivity (Wildman–Crippen MR) is 84.7 cm³/mol. The van der Waals surface area contributed by atoms with E-state index in [2.05, 4.69) is 10.2 Å². The summed E-state index contributed by atoms with van der Waals surface area (Å²) in [6.45, 7) is 4.57. The number of nitrogens with zero attached hydrogens (tertiary/aromatic N) is 2. The lowest BCUT2D eigenvalue weighted by molar-refractivity contribution is 0.132. The van der Waals surface area contributed by atoms with Crippen molar-refractivity contribution in [1.82, 2.24) is 10.2 Å². The molecule has 0 aliphatic carbocycles. The number of aromatic nitrogens is 2. The summed E-state index contributed by atoms with van der Waals surface area (Å²) in [5.74, 6) is 1.88. The van der Waals surface area contributed by atoms with E-state index in [9.17, 15) is 5.11 Å². The maximum atomic E-state index is 9.95. The van der Waals surface area contributed by atoms with E-state index < -0.39 is 0 Å². The number of aliphatic hydroxyl groups is 1. The summed E-state index contributed by atoms with van der Waals surface area (Å²) >= 11 is 0. The molecule has 0 saturated heterocycles. The van der Waals surface area contributed by atoms with Crippen molar-refractivity contribution in [3.8, 4) is 17.0 Å². The van der Waals surface area contributed by atoms with Gasteiger partial charge in [0.1, 0.15) is 5.75 Å². The van der Waals surface area contributed by atoms with Crippen LogP contribution in [0.25, 0.3) is 11.3 Å². The fourth-order valence-corrected chi connectivity index (χ4v) is 2.01. The quantitative estimate of drug-likeness (QED) is 0.858. The van der Waals surface area contributed by atoms with Gasteiger partial charge in [-0.2, -0.15) is 5.10 Å². The molecule has 0 saturated carbocycles. The summed E-state index contributed by atoms with van der Waals surface area (Å²) in [7, 11) is 3.58. The largest absolute Gasteiger partial charge is 0.497 e. The first kappa shape index (κ1) is 15.4. The minimum Gasteiger partial charge on any atom is -0.497 e. The normalized spacial score (nSPS) is 12.5. The highest BCUT2D eigenvalue weighted by Gasteiger charge is 2.14. The first-order chi connectivity index (χ1) is 10.0. The number of nitrogens with one attached hydrogen (secondary N) is 1. The number of H-pyrrole nitrogens is 1. The maximum Gasteiger partial charge on any atom is 0.150 e. The summed E-state index contributed by atoms with van der Waals surface area (Å²) in [4.78, 5) is 1.95. The summed E-state index contributed by atoms with van der Waals surface area (Å²) in [6.07, 6.45) is -0.365. The molecular weight excluding hydrogens is 266 g/mol. The molecule has 1 aromatic carbocycles. The molecular formula is C16H23N3O2. The van der Waals surface area contributed by atoms with Gasteiger partial charge in [-0.25, -0.2) is 0 Å². The van der Waals surface area contributed by atoms with Gasteiger partial charge in [-0.15, -0.1) is 0 Å². The van der Waals surface area contributed by atoms with E-state index >= 15 is 0 Å². The SMILES string of the molecule is COc1ccc(-c2cc(N(C)CC(O)C(C)C)n[nH]2)cc1. The predicted octanol–water partition coefficient (Wildman–Crippen LogP) is 2.54. The second-order valence-corrected chi connectivity index (χ2v) is 5.56. The number of methoxy groups -OCH3 is 1. The van der Waals surface area contributed by atoms with Crippen LogP contribution in [0.2, 0.25) is 0 Å². The maximum absolute atomic E-state index is 9.95. The van der Waals surface area contributed by atoms with E-state index in [1.165, 1.54) is 0 Å². The van der Waals surface area contributed by atoms with E-state index in [-0.39, 0.29) is 12.0 Å². The second kappa shape index (κ2) is 6.63. The molecule has 114 valence electrons. The van der Waals surface area contributed by atoms with Crippen LogP contribution in [0.1, 0.15) is 13.8 Å². The Balaban J connectivity index is 2.09. The number of rotatable bonds is 6. The molecule has 0 radical (unpaired) electrons. The molecule has 2 N–H and O–H groups in total. The summed E-state index contributed by atoms with van der Waals surface area (Å²) in [6, 6.07) is 9.79. The fraction of sp³-hybridized carbons (Fsp3) is 0.438. The van der Waals surface area contributed by atoms with Crippen molar-refractivity contribution in [2.75, 3.05) is 25.6 Å². The van der Waals surface area contributed by atoms with Gasteiger partial charge in [-0.05, 0) is 35.7 Å². The Morgan fingerprint density at radius 1 is 1.29 bits per heavy atom. The topological polar surface area (TPSA) is 61.4 Å². The Hall–Kier alpha value is -2.01. The van der Waals surface area contributed by atoms with E-state index in [0.29, 0.717) is 6.54 Å². The Morgan fingerprint density at radius 3 is 2.52 bits per heavy atom. The lowest BCUT2D eigenvalue weighted by Gasteiger charge is -2.22. The molecule has 1 unspecified atom stereocenters. The fourth-order valence-electron chi connectivity index (χ4n) is 2.01. The summed E-state index contributed by atoms with van der Waals surface area (Å²) < 4.78 is 5.15. The van der Waals surface area contributed by atoms with Crippen LogP contribution in [0.4, 0.5) is 5.82 Å². The molecule has 1 heterocycles. The average molecular weight is 289 g/mol. The van der Waals surface area contributed by atoms with Crippen LogP contribution >= 0.6 is 0 Å². The third-order valence-electron chi connectivity index (χ3n) is 3.59. The molecule has 0 fully saturated rings. The average Bonchev–Trinajstić information content (AvgIpc) is 2.97. The van der Waals surface area contributed by atoms with Crippen molar-refractivity contribution < 1.29 is 9.84 Å². The van der Waals surface area contributed by atoms with Gasteiger partial charge in [-0.3, -0.25) is 5.10 Å². The lowest BCUT2D eigenvalue weighted by Crippen LogP contribution is -2.32. The van der Waals surface area contributed by atoms with Gasteiger partial charge in [0.25, 0.3) is 0 Å². The molecule has 0 amide bonds. The van der Waals surface area contributed by atoms with E-state index in [4.69, 9.17) is 4.74 Å². The van der Waals surface area contributed by atoms with Gasteiger partial charge in [-0.1, -0.05) is 13.8 Å². The van der Waals surface area contributed by atoms with Gasteiger partial charge < -0.3 is 14.7 Å². The van der Waals surface area contributed by atoms with Crippen LogP contribution in [0.15, 0.2) is 30.3 Å². The number of aromatic amines is 1. The van der Waals surface area contributed by atoms with Gasteiger partial charge in [0, 0.05) is 19.7 Å². The third kappa shape index (κ3) is 3.76. The Bertz CT molecular complexity index is 563. The van der Waals surface area contributed by atoms with Crippen molar-refractivity contribution in [3.63, 3.8) is 0 Å². The van der Waals surface area contributed by atoms with Crippen LogP contribution in [0, 0.1) is 5.92 Å². The highest BCUT2D eigenvalue weighted by molar-refractivity contribution is 5.63. The first-order valence-corrected chi connectivity index (χ1v) is 7.10. The Kier molecular flexibility index (Phi) is 4.85. The molecule has 2 rings (SSSR count). The number of hydrogen-bond donors (Lipinski definition) is 2. The van der Waals surface area contributed by atoms with Gasteiger partial charge in [0.2, 0.25) is 0 Å².